The van der Waals surface area contributed by atoms with Crippen LogP contribution in [0.25, 0.3) is 10.8 Å². The van der Waals surface area contributed by atoms with Gasteiger partial charge in [-0.25, -0.2) is 0 Å². The number of aliphatic hydroxyl groups excluding tert-OH is 1. The van der Waals surface area contributed by atoms with Gasteiger partial charge in [-0.15, -0.1) is 0 Å². The van der Waals surface area contributed by atoms with Crippen molar-refractivity contribution in [3.63, 3.8) is 0 Å². The second-order valence-electron chi connectivity index (χ2n) is 8.91. The summed E-state index contributed by atoms with van der Waals surface area (Å²) >= 11 is 6.41. The third-order valence-corrected chi connectivity index (χ3v) is 6.68. The Labute approximate surface area is 210 Å². The molecule has 0 radical (unpaired) electrons. The predicted octanol–water partition coefficient (Wildman–Crippen LogP) is 4.78. The molecule has 0 bridgehead atoms. The average molecular weight is 495 g/mol. The largest absolute Gasteiger partial charge is 0.489 e. The topological polar surface area (TPSA) is 78.9 Å². The van der Waals surface area contributed by atoms with Gasteiger partial charge in [0.2, 0.25) is 5.78 Å². The van der Waals surface area contributed by atoms with E-state index in [1.807, 2.05) is 44.2 Å². The molecule has 0 unspecified atom stereocenters. The summed E-state index contributed by atoms with van der Waals surface area (Å²) in [6.07, 6.45) is 1.18. The van der Waals surface area contributed by atoms with E-state index in [9.17, 15) is 14.7 Å². The molecule has 4 rings (SSSR count). The van der Waals surface area contributed by atoms with Gasteiger partial charge in [-0.05, 0) is 60.5 Å². The number of ketones is 1. The van der Waals surface area contributed by atoms with Crippen LogP contribution < -0.4 is 10.1 Å². The van der Waals surface area contributed by atoms with Gasteiger partial charge in [0.15, 0.2) is 0 Å². The summed E-state index contributed by atoms with van der Waals surface area (Å²) in [5.74, 6) is -0.809. The van der Waals surface area contributed by atoms with Crippen molar-refractivity contribution in [3.05, 3.63) is 76.8 Å². The smallest absolute Gasteiger partial charge is 0.292 e. The van der Waals surface area contributed by atoms with Crippen molar-refractivity contribution >= 4 is 34.1 Å². The van der Waals surface area contributed by atoms with E-state index in [2.05, 4.69) is 10.2 Å². The fourth-order valence-corrected chi connectivity index (χ4v) is 4.31. The number of Topliss-reactive ketones (excluding diaryl/α,β-unsaturated/α-hetero) is 1. The molecular formula is C28H31ClN2O4. The van der Waals surface area contributed by atoms with Crippen LogP contribution >= 0.6 is 11.6 Å². The van der Waals surface area contributed by atoms with Crippen molar-refractivity contribution in [2.24, 2.45) is 0 Å². The van der Waals surface area contributed by atoms with Crippen molar-refractivity contribution in [1.82, 2.24) is 10.2 Å². The molecule has 0 aliphatic heterocycles. The first-order chi connectivity index (χ1) is 16.9. The van der Waals surface area contributed by atoms with E-state index in [4.69, 9.17) is 16.3 Å². The molecule has 1 fully saturated rings. The molecule has 35 heavy (non-hydrogen) atoms. The highest BCUT2D eigenvalue weighted by molar-refractivity contribution is 6.43. The lowest BCUT2D eigenvalue weighted by atomic mass is 10.00. The maximum Gasteiger partial charge on any atom is 0.292 e. The third kappa shape index (κ3) is 6.20. The zero-order valence-corrected chi connectivity index (χ0v) is 20.8. The number of likely N-dealkylation sites (N-methyl/N-ethyl adjacent to an activating group) is 1. The first-order valence-electron chi connectivity index (χ1n) is 12.1. The second-order valence-corrected chi connectivity index (χ2v) is 9.32. The molecule has 1 amide bonds. The maximum absolute atomic E-state index is 13.0. The highest BCUT2D eigenvalue weighted by Crippen LogP contribution is 2.34. The lowest BCUT2D eigenvalue weighted by Crippen LogP contribution is -2.49. The number of carbonyl (C=O) groups is 2. The molecule has 184 valence electrons. The molecular weight excluding hydrogens is 464 g/mol. The van der Waals surface area contributed by atoms with Crippen molar-refractivity contribution in [1.29, 1.82) is 0 Å². The Hall–Kier alpha value is -2.93. The highest BCUT2D eigenvalue weighted by atomic mass is 35.5. The zero-order chi connectivity index (χ0) is 24.9. The number of aliphatic hydroxyl groups is 1. The number of hydrogen-bond acceptors (Lipinski definition) is 5. The molecule has 6 nitrogen and oxygen atoms in total. The van der Waals surface area contributed by atoms with Crippen LogP contribution in [0.4, 0.5) is 0 Å². The molecule has 0 heterocycles. The van der Waals surface area contributed by atoms with Crippen LogP contribution in [0.5, 0.6) is 5.75 Å². The van der Waals surface area contributed by atoms with E-state index in [-0.39, 0.29) is 6.10 Å². The summed E-state index contributed by atoms with van der Waals surface area (Å²) in [6.45, 7) is 5.88. The molecule has 1 saturated carbocycles. The SMILES string of the molecule is CCN(CC)C[C@@H](NC(=O)C(=O)c1ccc2ccccc2c1)[C@H](O)c1ccc(OC2CC2)c(Cl)c1. The van der Waals surface area contributed by atoms with Crippen LogP contribution in [0.15, 0.2) is 60.7 Å². The van der Waals surface area contributed by atoms with Gasteiger partial charge in [0.25, 0.3) is 5.91 Å². The Morgan fingerprint density at radius 1 is 1.06 bits per heavy atom. The number of halogens is 1. The van der Waals surface area contributed by atoms with Gasteiger partial charge in [0, 0.05) is 12.1 Å². The van der Waals surface area contributed by atoms with Crippen LogP contribution in [-0.2, 0) is 4.79 Å². The van der Waals surface area contributed by atoms with Crippen LogP contribution in [0.3, 0.4) is 0 Å². The first kappa shape index (κ1) is 25.2. The lowest BCUT2D eigenvalue weighted by molar-refractivity contribution is -0.118. The maximum atomic E-state index is 13.0. The van der Waals surface area contributed by atoms with Crippen molar-refractivity contribution in [2.45, 2.75) is 44.9 Å². The highest BCUT2D eigenvalue weighted by Gasteiger charge is 2.29. The minimum absolute atomic E-state index is 0.207. The molecule has 0 saturated heterocycles. The minimum Gasteiger partial charge on any atom is -0.489 e. The Morgan fingerprint density at radius 3 is 2.43 bits per heavy atom. The van der Waals surface area contributed by atoms with E-state index < -0.39 is 23.8 Å². The summed E-state index contributed by atoms with van der Waals surface area (Å²) in [5.41, 5.74) is 0.857. The van der Waals surface area contributed by atoms with E-state index >= 15 is 0 Å². The summed E-state index contributed by atoms with van der Waals surface area (Å²) in [4.78, 5) is 28.1. The van der Waals surface area contributed by atoms with Gasteiger partial charge >= 0.3 is 0 Å². The number of ether oxygens (including phenoxy) is 1. The molecule has 7 heteroatoms. The number of hydrogen-bond donors (Lipinski definition) is 2. The summed E-state index contributed by atoms with van der Waals surface area (Å²) in [6, 6.07) is 17.3. The van der Waals surface area contributed by atoms with E-state index in [1.165, 1.54) is 0 Å². The van der Waals surface area contributed by atoms with Gasteiger partial charge < -0.3 is 20.1 Å². The van der Waals surface area contributed by atoms with Gasteiger partial charge in [0.1, 0.15) is 11.9 Å². The van der Waals surface area contributed by atoms with Gasteiger partial charge in [-0.3, -0.25) is 9.59 Å². The van der Waals surface area contributed by atoms with E-state index in [1.54, 1.807) is 30.3 Å². The van der Waals surface area contributed by atoms with Crippen molar-refractivity contribution in [2.75, 3.05) is 19.6 Å². The number of nitrogens with one attached hydrogen (secondary N) is 1. The molecule has 1 aliphatic rings. The number of amides is 1. The first-order valence-corrected chi connectivity index (χ1v) is 12.5. The van der Waals surface area contributed by atoms with Crippen LogP contribution in [0.1, 0.15) is 48.7 Å². The number of nitrogens with zero attached hydrogens (tertiary/aromatic N) is 1. The van der Waals surface area contributed by atoms with E-state index in [0.717, 1.165) is 36.7 Å². The summed E-state index contributed by atoms with van der Waals surface area (Å²) in [7, 11) is 0. The standard InChI is InChI=1S/C28H31ClN2O4/c1-3-31(4-2)17-24(26(32)21-11-14-25(23(29)16-21)35-22-12-13-22)30-28(34)27(33)20-10-9-18-7-5-6-8-19(18)15-20/h5-11,14-16,22,24,26,32H,3-4,12-13,17H2,1-2H3,(H,30,34)/t24-,26-/m1/s1. The summed E-state index contributed by atoms with van der Waals surface area (Å²) in [5, 5.41) is 16.3. The Balaban J connectivity index is 1.53. The Kier molecular flexibility index (Phi) is 8.06. The molecule has 2 atom stereocenters. The number of benzene rings is 3. The van der Waals surface area contributed by atoms with Gasteiger partial charge in [-0.2, -0.15) is 0 Å². The average Bonchev–Trinajstić information content (AvgIpc) is 3.70. The molecule has 1 aliphatic carbocycles. The van der Waals surface area contributed by atoms with Crippen LogP contribution in [-0.4, -0.2) is 53.5 Å². The molecule has 3 aromatic rings. The van der Waals surface area contributed by atoms with Crippen LogP contribution in [0, 0.1) is 0 Å². The van der Waals surface area contributed by atoms with Gasteiger partial charge in [0.05, 0.1) is 17.2 Å². The third-order valence-electron chi connectivity index (χ3n) is 6.38. The van der Waals surface area contributed by atoms with E-state index in [0.29, 0.717) is 28.4 Å². The molecule has 0 spiro atoms. The fraction of sp³-hybridized carbons (Fsp3) is 0.357. The molecule has 3 aromatic carbocycles. The predicted molar refractivity (Wildman–Crippen MR) is 138 cm³/mol. The quantitative estimate of drug-likeness (QED) is 0.296. The minimum atomic E-state index is -1.06. The normalized spacial score (nSPS) is 15.1. The number of carbonyl (C=O) groups excluding carboxylic acids is 2. The Bertz CT molecular complexity index is 1210. The second kappa shape index (κ2) is 11.2. The monoisotopic (exact) mass is 494 g/mol. The molecule has 0 aromatic heterocycles. The fourth-order valence-electron chi connectivity index (χ4n) is 4.07. The number of fused-ring (bicyclic) bond motifs is 1. The van der Waals surface area contributed by atoms with Crippen molar-refractivity contribution in [3.8, 4) is 5.75 Å². The number of rotatable bonds is 11. The van der Waals surface area contributed by atoms with Crippen LogP contribution in [0.2, 0.25) is 5.02 Å². The lowest BCUT2D eigenvalue weighted by Gasteiger charge is -2.30. The zero-order valence-electron chi connectivity index (χ0n) is 20.0. The van der Waals surface area contributed by atoms with Gasteiger partial charge in [-0.1, -0.05) is 67.9 Å². The summed E-state index contributed by atoms with van der Waals surface area (Å²) < 4.78 is 5.79. The van der Waals surface area contributed by atoms with Crippen molar-refractivity contribution < 1.29 is 19.4 Å². The molecule has 2 N–H and O–H groups in total. The Morgan fingerprint density at radius 2 is 1.77 bits per heavy atom.